The second-order valence-corrected chi connectivity index (χ2v) is 7.19. The second kappa shape index (κ2) is 7.71. The van der Waals surface area contributed by atoms with Crippen molar-refractivity contribution in [3.8, 4) is 11.3 Å². The first-order chi connectivity index (χ1) is 14.0. The minimum Gasteiger partial charge on any atom is -0.464 e. The zero-order valence-electron chi connectivity index (χ0n) is 16.5. The number of aromatic nitrogens is 5. The van der Waals surface area contributed by atoms with Crippen molar-refractivity contribution in [2.24, 2.45) is 0 Å². The van der Waals surface area contributed by atoms with Gasteiger partial charge < -0.3 is 9.32 Å². The summed E-state index contributed by atoms with van der Waals surface area (Å²) in [4.78, 5) is 18.9. The summed E-state index contributed by atoms with van der Waals surface area (Å²) >= 11 is 6.22. The Balaban J connectivity index is 1.60. The molecular formula is C20H21ClN6O2. The summed E-state index contributed by atoms with van der Waals surface area (Å²) in [6.07, 6.45) is 4.93. The Kier molecular flexibility index (Phi) is 5.10. The first-order valence-corrected chi connectivity index (χ1v) is 9.67. The number of fused-ring (bicyclic) bond motifs is 1. The van der Waals surface area contributed by atoms with Gasteiger partial charge in [-0.1, -0.05) is 11.6 Å². The number of aryl methyl sites for hydroxylation is 2. The average Bonchev–Trinajstić information content (AvgIpc) is 3.43. The Morgan fingerprint density at radius 3 is 2.86 bits per heavy atom. The predicted octanol–water partition coefficient (Wildman–Crippen LogP) is 3.53. The highest BCUT2D eigenvalue weighted by Gasteiger charge is 2.20. The van der Waals surface area contributed by atoms with Crippen LogP contribution in [0.1, 0.15) is 18.3 Å². The molecule has 0 aliphatic rings. The van der Waals surface area contributed by atoms with Crippen LogP contribution in [0.3, 0.4) is 0 Å². The van der Waals surface area contributed by atoms with Crippen LogP contribution in [-0.2, 0) is 24.4 Å². The third-order valence-corrected chi connectivity index (χ3v) is 5.21. The van der Waals surface area contributed by atoms with Gasteiger partial charge in [-0.15, -0.1) is 0 Å². The summed E-state index contributed by atoms with van der Waals surface area (Å²) in [5.41, 5.74) is 3.16. The zero-order chi connectivity index (χ0) is 20.5. The topological polar surface area (TPSA) is 82.0 Å². The molecule has 0 spiro atoms. The molecule has 0 fully saturated rings. The number of rotatable bonds is 6. The number of pyridine rings is 1. The quantitative estimate of drug-likeness (QED) is 0.484. The molecule has 4 heterocycles. The van der Waals surface area contributed by atoms with Crippen LogP contribution in [-0.4, -0.2) is 42.4 Å². The van der Waals surface area contributed by atoms with Crippen molar-refractivity contribution in [2.45, 2.75) is 33.5 Å². The molecule has 8 nitrogen and oxygen atoms in total. The lowest BCUT2D eigenvalue weighted by Gasteiger charge is -2.18. The molecule has 29 heavy (non-hydrogen) atoms. The molecule has 0 aliphatic heterocycles. The lowest BCUT2D eigenvalue weighted by molar-refractivity contribution is -0.131. The Morgan fingerprint density at radius 1 is 1.31 bits per heavy atom. The summed E-state index contributed by atoms with van der Waals surface area (Å²) in [7, 11) is 1.74. The van der Waals surface area contributed by atoms with Crippen molar-refractivity contribution in [3.05, 3.63) is 53.3 Å². The number of hydrogen-bond acceptors (Lipinski definition) is 5. The molecule has 0 saturated heterocycles. The van der Waals surface area contributed by atoms with Crippen molar-refractivity contribution in [2.75, 3.05) is 7.05 Å². The Labute approximate surface area is 172 Å². The highest BCUT2D eigenvalue weighted by molar-refractivity contribution is 6.31. The maximum Gasteiger partial charge on any atom is 0.244 e. The summed E-state index contributed by atoms with van der Waals surface area (Å²) in [5.74, 6) is 0.644. The maximum absolute atomic E-state index is 12.9. The van der Waals surface area contributed by atoms with Gasteiger partial charge >= 0.3 is 0 Å². The van der Waals surface area contributed by atoms with Gasteiger partial charge in [-0.05, 0) is 32.0 Å². The molecule has 150 valence electrons. The highest BCUT2D eigenvalue weighted by atomic mass is 35.5. The minimum atomic E-state index is -0.0977. The first kappa shape index (κ1) is 19.2. The van der Waals surface area contributed by atoms with Gasteiger partial charge in [0.15, 0.2) is 5.65 Å². The second-order valence-electron chi connectivity index (χ2n) is 6.78. The molecular weight excluding hydrogens is 392 g/mol. The van der Waals surface area contributed by atoms with Gasteiger partial charge in [0.25, 0.3) is 0 Å². The summed E-state index contributed by atoms with van der Waals surface area (Å²) in [6.45, 7) is 5.02. The molecule has 9 heteroatoms. The molecule has 0 radical (unpaired) electrons. The van der Waals surface area contributed by atoms with Crippen LogP contribution in [0.15, 0.2) is 41.3 Å². The number of amides is 1. The van der Waals surface area contributed by atoms with E-state index in [9.17, 15) is 4.79 Å². The third-order valence-electron chi connectivity index (χ3n) is 4.89. The van der Waals surface area contributed by atoms with E-state index in [4.69, 9.17) is 16.0 Å². The van der Waals surface area contributed by atoms with Crippen LogP contribution in [0, 0.1) is 6.92 Å². The standard InChI is InChI=1S/C20H21ClN6O2/c1-4-26-16(15(21)10-23-26)11-25(3)18(28)12-27-20-19(13(2)24-27)14(7-8-22-20)17-6-5-9-29-17/h5-10H,4,11-12H2,1-3H3. The number of likely N-dealkylation sites (N-methyl/N-ethyl adjacent to an activating group) is 1. The van der Waals surface area contributed by atoms with E-state index in [1.807, 2.05) is 32.0 Å². The van der Waals surface area contributed by atoms with Crippen LogP contribution >= 0.6 is 11.6 Å². The Bertz CT molecular complexity index is 1160. The molecule has 4 aromatic heterocycles. The summed E-state index contributed by atoms with van der Waals surface area (Å²) in [5, 5.41) is 10.2. The predicted molar refractivity (Wildman–Crippen MR) is 109 cm³/mol. The maximum atomic E-state index is 12.9. The minimum absolute atomic E-state index is 0.0767. The molecule has 0 N–H and O–H groups in total. The van der Waals surface area contributed by atoms with Crippen molar-refractivity contribution in [1.82, 2.24) is 29.4 Å². The number of carbonyl (C=O) groups is 1. The van der Waals surface area contributed by atoms with E-state index < -0.39 is 0 Å². The van der Waals surface area contributed by atoms with Crippen LogP contribution in [0.2, 0.25) is 5.02 Å². The molecule has 1 amide bonds. The van der Waals surface area contributed by atoms with Crippen molar-refractivity contribution in [1.29, 1.82) is 0 Å². The number of nitrogens with zero attached hydrogens (tertiary/aromatic N) is 6. The lowest BCUT2D eigenvalue weighted by atomic mass is 10.1. The molecule has 0 atom stereocenters. The Hall–Kier alpha value is -3.13. The zero-order valence-corrected chi connectivity index (χ0v) is 17.2. The number of hydrogen-bond donors (Lipinski definition) is 0. The monoisotopic (exact) mass is 412 g/mol. The summed E-state index contributed by atoms with van der Waals surface area (Å²) in [6, 6.07) is 5.62. The fraction of sp³-hybridized carbons (Fsp3) is 0.300. The lowest BCUT2D eigenvalue weighted by Crippen LogP contribution is -2.31. The van der Waals surface area contributed by atoms with Gasteiger partial charge in [0, 0.05) is 25.4 Å². The van der Waals surface area contributed by atoms with Gasteiger partial charge in [-0.2, -0.15) is 10.2 Å². The van der Waals surface area contributed by atoms with Gasteiger partial charge in [-0.3, -0.25) is 9.48 Å². The van der Waals surface area contributed by atoms with Crippen LogP contribution in [0.4, 0.5) is 0 Å². The molecule has 0 unspecified atom stereocenters. The third kappa shape index (κ3) is 3.51. The van der Waals surface area contributed by atoms with Gasteiger partial charge in [0.2, 0.25) is 5.91 Å². The van der Waals surface area contributed by atoms with Gasteiger partial charge in [-0.25, -0.2) is 9.67 Å². The summed E-state index contributed by atoms with van der Waals surface area (Å²) < 4.78 is 8.96. The molecule has 0 aromatic carbocycles. The van der Waals surface area contributed by atoms with Crippen molar-refractivity contribution in [3.63, 3.8) is 0 Å². The van der Waals surface area contributed by atoms with Crippen LogP contribution in [0.5, 0.6) is 0 Å². The van der Waals surface area contributed by atoms with E-state index in [1.54, 1.807) is 40.0 Å². The number of furan rings is 1. The van der Waals surface area contributed by atoms with Gasteiger partial charge in [0.1, 0.15) is 12.3 Å². The molecule has 0 aliphatic carbocycles. The van der Waals surface area contributed by atoms with E-state index in [0.29, 0.717) is 23.8 Å². The largest absolute Gasteiger partial charge is 0.464 e. The fourth-order valence-corrected chi connectivity index (χ4v) is 3.61. The smallest absolute Gasteiger partial charge is 0.244 e. The molecule has 4 aromatic rings. The van der Waals surface area contributed by atoms with E-state index in [1.165, 1.54) is 0 Å². The number of carbonyl (C=O) groups excluding carboxylic acids is 1. The molecule has 4 rings (SSSR count). The average molecular weight is 413 g/mol. The fourth-order valence-electron chi connectivity index (χ4n) is 3.41. The van der Waals surface area contributed by atoms with E-state index in [2.05, 4.69) is 15.2 Å². The van der Waals surface area contributed by atoms with E-state index in [-0.39, 0.29) is 12.5 Å². The molecule has 0 bridgehead atoms. The molecule has 0 saturated carbocycles. The van der Waals surface area contributed by atoms with Crippen molar-refractivity contribution < 1.29 is 9.21 Å². The highest BCUT2D eigenvalue weighted by Crippen LogP contribution is 2.30. The van der Waals surface area contributed by atoms with E-state index >= 15 is 0 Å². The van der Waals surface area contributed by atoms with Crippen molar-refractivity contribution >= 4 is 28.5 Å². The SMILES string of the molecule is CCn1ncc(Cl)c1CN(C)C(=O)Cn1nc(C)c2c(-c3ccco3)ccnc21. The normalized spacial score (nSPS) is 11.3. The Morgan fingerprint density at radius 2 is 2.14 bits per heavy atom. The van der Waals surface area contributed by atoms with Crippen LogP contribution in [0.25, 0.3) is 22.4 Å². The first-order valence-electron chi connectivity index (χ1n) is 9.29. The number of halogens is 1. The van der Waals surface area contributed by atoms with Crippen LogP contribution < -0.4 is 0 Å². The van der Waals surface area contributed by atoms with Gasteiger partial charge in [0.05, 0.1) is 40.8 Å². The van der Waals surface area contributed by atoms with E-state index in [0.717, 1.165) is 28.1 Å².